The zero-order valence-corrected chi connectivity index (χ0v) is 14.3. The van der Waals surface area contributed by atoms with Gasteiger partial charge in [0.05, 0.1) is 11.9 Å². The maximum absolute atomic E-state index is 12.1. The van der Waals surface area contributed by atoms with Crippen LogP contribution in [0.1, 0.15) is 44.0 Å². The fourth-order valence-electron chi connectivity index (χ4n) is 2.41. The Labute approximate surface area is 142 Å². The summed E-state index contributed by atoms with van der Waals surface area (Å²) >= 11 is 0. The van der Waals surface area contributed by atoms with E-state index < -0.39 is 0 Å². The lowest BCUT2D eigenvalue weighted by Gasteiger charge is -2.12. The van der Waals surface area contributed by atoms with Crippen LogP contribution >= 0.6 is 0 Å². The first-order valence-electron chi connectivity index (χ1n) is 8.18. The molecule has 2 N–H and O–H groups in total. The summed E-state index contributed by atoms with van der Waals surface area (Å²) in [4.78, 5) is 27.7. The van der Waals surface area contributed by atoms with Gasteiger partial charge in [0, 0.05) is 17.2 Å². The number of hydrogen-bond donors (Lipinski definition) is 2. The number of nitrogens with zero attached hydrogens (tertiary/aromatic N) is 1. The molecule has 0 atom stereocenters. The average Bonchev–Trinajstić information content (AvgIpc) is 2.58. The van der Waals surface area contributed by atoms with Crippen LogP contribution < -0.4 is 10.6 Å². The molecule has 0 aliphatic rings. The van der Waals surface area contributed by atoms with E-state index in [1.165, 1.54) is 6.92 Å². The van der Waals surface area contributed by atoms with Crippen molar-refractivity contribution in [3.8, 4) is 0 Å². The number of ketones is 1. The van der Waals surface area contributed by atoms with E-state index in [-0.39, 0.29) is 17.6 Å². The zero-order valence-electron chi connectivity index (χ0n) is 14.3. The first-order valence-corrected chi connectivity index (χ1v) is 8.18. The molecule has 0 spiro atoms. The molecular weight excluding hydrogens is 302 g/mol. The second kappa shape index (κ2) is 8.24. The van der Waals surface area contributed by atoms with Crippen LogP contribution in [0.2, 0.25) is 0 Å². The highest BCUT2D eigenvalue weighted by atomic mass is 16.2. The molecule has 1 amide bonds. The van der Waals surface area contributed by atoms with Crippen LogP contribution in [0.4, 0.5) is 17.2 Å². The molecule has 0 saturated heterocycles. The number of hydrogen-bond acceptors (Lipinski definition) is 4. The normalized spacial score (nSPS) is 10.5. The molecule has 1 aromatic heterocycles. The highest BCUT2D eigenvalue weighted by Gasteiger charge is 2.14. The summed E-state index contributed by atoms with van der Waals surface area (Å²) in [5.41, 5.74) is 2.26. The van der Waals surface area contributed by atoms with Gasteiger partial charge in [-0.1, -0.05) is 26.0 Å². The molecule has 1 heterocycles. The van der Waals surface area contributed by atoms with Crippen molar-refractivity contribution in [2.45, 2.75) is 33.6 Å². The summed E-state index contributed by atoms with van der Waals surface area (Å²) in [5.74, 6) is 0.576. The van der Waals surface area contributed by atoms with Gasteiger partial charge in [-0.2, -0.15) is 0 Å². The molecule has 0 fully saturated rings. The standard InChI is InChI=1S/C19H23N3O2/c1-4-14(5-2)19(24)22-18-10-9-17(12-20-18)21-16-8-6-7-15(11-16)13(3)23/h6-12,14,21H,4-5H2,1-3H3,(H,20,22,24). The molecule has 0 saturated carbocycles. The van der Waals surface area contributed by atoms with Crippen LogP contribution in [0.3, 0.4) is 0 Å². The SMILES string of the molecule is CCC(CC)C(=O)Nc1ccc(Nc2cccc(C(C)=O)c2)cn1. The summed E-state index contributed by atoms with van der Waals surface area (Å²) in [7, 11) is 0. The Kier molecular flexibility index (Phi) is 6.07. The Bertz CT molecular complexity index is 707. The van der Waals surface area contributed by atoms with Gasteiger partial charge in [0.25, 0.3) is 0 Å². The van der Waals surface area contributed by atoms with Gasteiger partial charge in [0.15, 0.2) is 5.78 Å². The van der Waals surface area contributed by atoms with Crippen molar-refractivity contribution in [1.82, 2.24) is 4.98 Å². The van der Waals surface area contributed by atoms with Gasteiger partial charge >= 0.3 is 0 Å². The minimum atomic E-state index is 0.00219. The lowest BCUT2D eigenvalue weighted by Crippen LogP contribution is -2.22. The minimum Gasteiger partial charge on any atom is -0.354 e. The molecule has 126 valence electrons. The lowest BCUT2D eigenvalue weighted by molar-refractivity contribution is -0.120. The molecule has 0 radical (unpaired) electrons. The predicted octanol–water partition coefficient (Wildman–Crippen LogP) is 4.40. The fraction of sp³-hybridized carbons (Fsp3) is 0.316. The highest BCUT2D eigenvalue weighted by molar-refractivity contribution is 5.95. The molecule has 0 unspecified atom stereocenters. The number of carbonyl (C=O) groups is 2. The van der Waals surface area contributed by atoms with Gasteiger partial charge in [-0.25, -0.2) is 4.98 Å². The van der Waals surface area contributed by atoms with Crippen LogP contribution in [0, 0.1) is 5.92 Å². The Hall–Kier alpha value is -2.69. The molecule has 2 rings (SSSR count). The highest BCUT2D eigenvalue weighted by Crippen LogP contribution is 2.19. The number of Topliss-reactive ketones (excluding diaryl/α,β-unsaturated/α-hetero) is 1. The van der Waals surface area contributed by atoms with Crippen molar-refractivity contribution in [1.29, 1.82) is 0 Å². The van der Waals surface area contributed by atoms with E-state index >= 15 is 0 Å². The summed E-state index contributed by atoms with van der Waals surface area (Å²) < 4.78 is 0. The van der Waals surface area contributed by atoms with Crippen molar-refractivity contribution in [2.75, 3.05) is 10.6 Å². The third-order valence-electron chi connectivity index (χ3n) is 3.93. The van der Waals surface area contributed by atoms with Gasteiger partial charge in [0.2, 0.25) is 5.91 Å². The quantitative estimate of drug-likeness (QED) is 0.740. The van der Waals surface area contributed by atoms with Crippen LogP contribution in [-0.4, -0.2) is 16.7 Å². The molecule has 1 aromatic carbocycles. The Morgan fingerprint density at radius 2 is 1.83 bits per heavy atom. The second-order valence-corrected chi connectivity index (χ2v) is 5.70. The number of carbonyl (C=O) groups excluding carboxylic acids is 2. The third-order valence-corrected chi connectivity index (χ3v) is 3.93. The van der Waals surface area contributed by atoms with E-state index in [1.54, 1.807) is 24.4 Å². The van der Waals surface area contributed by atoms with Gasteiger partial charge in [-0.05, 0) is 44.0 Å². The largest absolute Gasteiger partial charge is 0.354 e. The van der Waals surface area contributed by atoms with Crippen molar-refractivity contribution >= 4 is 28.9 Å². The summed E-state index contributed by atoms with van der Waals surface area (Å²) in [6.45, 7) is 5.55. The third kappa shape index (κ3) is 4.65. The van der Waals surface area contributed by atoms with Gasteiger partial charge in [-0.15, -0.1) is 0 Å². The van der Waals surface area contributed by atoms with E-state index in [1.807, 2.05) is 32.0 Å². The number of anilines is 3. The second-order valence-electron chi connectivity index (χ2n) is 5.70. The smallest absolute Gasteiger partial charge is 0.228 e. The molecule has 24 heavy (non-hydrogen) atoms. The first kappa shape index (κ1) is 17.7. The zero-order chi connectivity index (χ0) is 17.5. The minimum absolute atomic E-state index is 0.00219. The molecule has 0 aliphatic heterocycles. The van der Waals surface area contributed by atoms with Crippen molar-refractivity contribution in [3.05, 3.63) is 48.2 Å². The number of benzene rings is 1. The number of aromatic nitrogens is 1. The molecule has 0 bridgehead atoms. The lowest BCUT2D eigenvalue weighted by atomic mass is 10.0. The van der Waals surface area contributed by atoms with E-state index in [0.717, 1.165) is 24.2 Å². The summed E-state index contributed by atoms with van der Waals surface area (Å²) in [5, 5.41) is 6.03. The van der Waals surface area contributed by atoms with Gasteiger partial charge in [-0.3, -0.25) is 9.59 Å². The topological polar surface area (TPSA) is 71.1 Å². The van der Waals surface area contributed by atoms with Crippen molar-refractivity contribution in [3.63, 3.8) is 0 Å². The maximum atomic E-state index is 12.1. The number of nitrogens with one attached hydrogen (secondary N) is 2. The number of pyridine rings is 1. The molecule has 0 aliphatic carbocycles. The van der Waals surface area contributed by atoms with Gasteiger partial charge in [0.1, 0.15) is 5.82 Å². The predicted molar refractivity (Wildman–Crippen MR) is 96.7 cm³/mol. The van der Waals surface area contributed by atoms with Crippen LogP contribution in [0.5, 0.6) is 0 Å². The van der Waals surface area contributed by atoms with Crippen LogP contribution in [0.15, 0.2) is 42.6 Å². The van der Waals surface area contributed by atoms with E-state index in [0.29, 0.717) is 11.4 Å². The molecular formula is C19H23N3O2. The number of amides is 1. The van der Waals surface area contributed by atoms with E-state index in [9.17, 15) is 9.59 Å². The number of rotatable bonds is 7. The van der Waals surface area contributed by atoms with Crippen LogP contribution in [-0.2, 0) is 4.79 Å². The Morgan fingerprint density at radius 3 is 2.42 bits per heavy atom. The monoisotopic (exact) mass is 325 g/mol. The molecule has 5 nitrogen and oxygen atoms in total. The van der Waals surface area contributed by atoms with Crippen LogP contribution in [0.25, 0.3) is 0 Å². The fourth-order valence-corrected chi connectivity index (χ4v) is 2.41. The molecule has 2 aromatic rings. The average molecular weight is 325 g/mol. The maximum Gasteiger partial charge on any atom is 0.228 e. The summed E-state index contributed by atoms with van der Waals surface area (Å²) in [6.07, 6.45) is 3.28. The summed E-state index contributed by atoms with van der Waals surface area (Å²) in [6, 6.07) is 10.9. The Balaban J connectivity index is 2.03. The van der Waals surface area contributed by atoms with E-state index in [4.69, 9.17) is 0 Å². The van der Waals surface area contributed by atoms with Crippen molar-refractivity contribution in [2.24, 2.45) is 5.92 Å². The molecule has 5 heteroatoms. The van der Waals surface area contributed by atoms with E-state index in [2.05, 4.69) is 15.6 Å². The van der Waals surface area contributed by atoms with Gasteiger partial charge < -0.3 is 10.6 Å². The van der Waals surface area contributed by atoms with Crippen molar-refractivity contribution < 1.29 is 9.59 Å². The Morgan fingerprint density at radius 1 is 1.08 bits per heavy atom. The first-order chi connectivity index (χ1) is 11.5.